The van der Waals surface area contributed by atoms with Crippen molar-refractivity contribution < 1.29 is 24.3 Å². The third kappa shape index (κ3) is 3.32. The Hall–Kier alpha value is -0.420. The van der Waals surface area contributed by atoms with Gasteiger partial charge in [0.05, 0.1) is 0 Å². The Kier molecular flexibility index (Phi) is 3.41. The van der Waals surface area contributed by atoms with E-state index >= 15 is 0 Å². The Morgan fingerprint density at radius 1 is 1.58 bits per heavy atom. The molecule has 0 fully saturated rings. The monoisotopic (exact) mass is 197 g/mol. The highest BCUT2D eigenvalue weighted by molar-refractivity contribution is 7.53. The summed E-state index contributed by atoms with van der Waals surface area (Å²) >= 11 is 0. The summed E-state index contributed by atoms with van der Waals surface area (Å²) in [7, 11) is -4.41. The maximum atomic E-state index is 10.6. The van der Waals surface area contributed by atoms with E-state index in [1.165, 1.54) is 0 Å². The van der Waals surface area contributed by atoms with Crippen molar-refractivity contribution >= 4 is 13.6 Å². The highest BCUT2D eigenvalue weighted by Gasteiger charge is 2.38. The van der Waals surface area contributed by atoms with Crippen molar-refractivity contribution in [1.82, 2.24) is 0 Å². The molecule has 0 saturated heterocycles. The summed E-state index contributed by atoms with van der Waals surface area (Å²) in [6, 6.07) is 0. The second-order valence-electron chi connectivity index (χ2n) is 2.79. The molecule has 1 unspecified atom stereocenters. The molecule has 72 valence electrons. The Balaban J connectivity index is 4.24. The van der Waals surface area contributed by atoms with Crippen LogP contribution in [0, 0.1) is 0 Å². The molecule has 0 heterocycles. The van der Waals surface area contributed by atoms with Crippen LogP contribution in [0.5, 0.6) is 0 Å². The van der Waals surface area contributed by atoms with Crippen LogP contribution in [0.3, 0.4) is 0 Å². The molecule has 0 aromatic heterocycles. The standard InChI is InChI=1S/C5H12NO5P/c1-5(6,12(9,10)11)3-2-4(7)8/h2-3,6H2,1H3,(H,7,8)(H2,9,10,11). The summed E-state index contributed by atoms with van der Waals surface area (Å²) < 4.78 is 10.6. The molecular formula is C5H12NO5P. The van der Waals surface area contributed by atoms with E-state index in [0.717, 1.165) is 6.92 Å². The molecule has 0 saturated carbocycles. The molecule has 0 aromatic rings. The van der Waals surface area contributed by atoms with Crippen LogP contribution in [0.25, 0.3) is 0 Å². The van der Waals surface area contributed by atoms with Crippen LogP contribution in [-0.4, -0.2) is 26.1 Å². The maximum absolute atomic E-state index is 10.6. The van der Waals surface area contributed by atoms with E-state index in [4.69, 9.17) is 20.6 Å². The summed E-state index contributed by atoms with van der Waals surface area (Å²) in [5.74, 6) is -1.12. The molecule has 0 rings (SSSR count). The summed E-state index contributed by atoms with van der Waals surface area (Å²) in [5, 5.41) is 6.49. The third-order valence-corrected chi connectivity index (χ3v) is 3.06. The first-order chi connectivity index (χ1) is 5.17. The molecule has 0 bridgehead atoms. The normalized spacial score (nSPS) is 17.0. The molecular weight excluding hydrogens is 185 g/mol. The molecule has 7 heteroatoms. The average molecular weight is 197 g/mol. The maximum Gasteiger partial charge on any atom is 0.344 e. The molecule has 0 radical (unpaired) electrons. The minimum absolute atomic E-state index is 0.243. The van der Waals surface area contributed by atoms with Gasteiger partial charge in [-0.05, 0) is 13.3 Å². The van der Waals surface area contributed by atoms with Gasteiger partial charge >= 0.3 is 13.6 Å². The van der Waals surface area contributed by atoms with Crippen molar-refractivity contribution in [2.75, 3.05) is 0 Å². The van der Waals surface area contributed by atoms with E-state index in [0.29, 0.717) is 0 Å². The molecule has 0 amide bonds. The molecule has 12 heavy (non-hydrogen) atoms. The zero-order valence-corrected chi connectivity index (χ0v) is 7.49. The molecule has 0 aliphatic rings. The molecule has 6 nitrogen and oxygen atoms in total. The van der Waals surface area contributed by atoms with Crippen molar-refractivity contribution in [2.24, 2.45) is 5.73 Å². The number of aliphatic carboxylic acids is 1. The van der Waals surface area contributed by atoms with E-state index in [1.54, 1.807) is 0 Å². The lowest BCUT2D eigenvalue weighted by Crippen LogP contribution is -2.36. The molecule has 0 aromatic carbocycles. The van der Waals surface area contributed by atoms with Gasteiger partial charge in [-0.25, -0.2) is 0 Å². The molecule has 0 aliphatic carbocycles. The van der Waals surface area contributed by atoms with Gasteiger partial charge < -0.3 is 20.6 Å². The van der Waals surface area contributed by atoms with Gasteiger partial charge in [0.25, 0.3) is 0 Å². The molecule has 1 atom stereocenters. The molecule has 5 N–H and O–H groups in total. The molecule has 0 spiro atoms. The lowest BCUT2D eigenvalue weighted by Gasteiger charge is -2.24. The highest BCUT2D eigenvalue weighted by atomic mass is 31.2. The Bertz CT molecular complexity index is 220. The quantitative estimate of drug-likeness (QED) is 0.459. The number of carboxylic acids is 1. The minimum Gasteiger partial charge on any atom is -0.481 e. The average Bonchev–Trinajstić information content (AvgIpc) is 1.81. The zero-order chi connectivity index (χ0) is 9.99. The fraction of sp³-hybridized carbons (Fsp3) is 0.800. The number of carbonyl (C=O) groups is 1. The van der Waals surface area contributed by atoms with Gasteiger partial charge in [-0.1, -0.05) is 0 Å². The van der Waals surface area contributed by atoms with Crippen molar-refractivity contribution in [3.8, 4) is 0 Å². The lowest BCUT2D eigenvalue weighted by atomic mass is 10.2. The van der Waals surface area contributed by atoms with Crippen LogP contribution < -0.4 is 5.73 Å². The largest absolute Gasteiger partial charge is 0.481 e. The Labute approximate surface area is 69.5 Å². The fourth-order valence-electron chi connectivity index (χ4n) is 0.506. The summed E-state index contributed by atoms with van der Waals surface area (Å²) in [4.78, 5) is 27.4. The van der Waals surface area contributed by atoms with Gasteiger partial charge in [0.15, 0.2) is 0 Å². The summed E-state index contributed by atoms with van der Waals surface area (Å²) in [5.41, 5.74) is 5.22. The number of nitrogens with two attached hydrogens (primary N) is 1. The van der Waals surface area contributed by atoms with Gasteiger partial charge in [0.2, 0.25) is 0 Å². The van der Waals surface area contributed by atoms with Crippen LogP contribution in [-0.2, 0) is 9.36 Å². The summed E-state index contributed by atoms with van der Waals surface area (Å²) in [6.07, 6.45) is -0.593. The number of carboxylic acid groups (broad SMARTS) is 1. The first kappa shape index (κ1) is 11.6. The predicted octanol–water partition coefficient (Wildman–Crippen LogP) is -0.296. The SMILES string of the molecule is CC(N)(CCC(=O)O)P(=O)(O)O. The zero-order valence-electron chi connectivity index (χ0n) is 6.60. The van der Waals surface area contributed by atoms with Crippen molar-refractivity contribution in [2.45, 2.75) is 25.0 Å². The summed E-state index contributed by atoms with van der Waals surface area (Å²) in [6.45, 7) is 1.14. The number of rotatable bonds is 4. The smallest absolute Gasteiger partial charge is 0.344 e. The van der Waals surface area contributed by atoms with E-state index in [9.17, 15) is 9.36 Å². The second-order valence-corrected chi connectivity index (χ2v) is 4.90. The van der Waals surface area contributed by atoms with Gasteiger partial charge in [-0.2, -0.15) is 0 Å². The number of hydrogen-bond donors (Lipinski definition) is 4. The van der Waals surface area contributed by atoms with Crippen LogP contribution in [0.15, 0.2) is 0 Å². The second kappa shape index (κ2) is 3.53. The topological polar surface area (TPSA) is 121 Å². The Morgan fingerprint density at radius 2 is 2.00 bits per heavy atom. The van der Waals surface area contributed by atoms with Crippen LogP contribution >= 0.6 is 7.60 Å². The van der Waals surface area contributed by atoms with E-state index in [-0.39, 0.29) is 12.8 Å². The Morgan fingerprint density at radius 3 is 2.25 bits per heavy atom. The van der Waals surface area contributed by atoms with Gasteiger partial charge in [0.1, 0.15) is 5.28 Å². The lowest BCUT2D eigenvalue weighted by molar-refractivity contribution is -0.137. The van der Waals surface area contributed by atoms with Crippen LogP contribution in [0.1, 0.15) is 19.8 Å². The van der Waals surface area contributed by atoms with Crippen LogP contribution in [0.4, 0.5) is 0 Å². The van der Waals surface area contributed by atoms with Crippen molar-refractivity contribution in [3.05, 3.63) is 0 Å². The van der Waals surface area contributed by atoms with Gasteiger partial charge in [-0.3, -0.25) is 9.36 Å². The van der Waals surface area contributed by atoms with E-state index in [2.05, 4.69) is 0 Å². The van der Waals surface area contributed by atoms with Crippen LogP contribution in [0.2, 0.25) is 0 Å². The van der Waals surface area contributed by atoms with E-state index in [1.807, 2.05) is 0 Å². The minimum atomic E-state index is -4.41. The first-order valence-electron chi connectivity index (χ1n) is 3.23. The van der Waals surface area contributed by atoms with Crippen molar-refractivity contribution in [1.29, 1.82) is 0 Å². The highest BCUT2D eigenvalue weighted by Crippen LogP contribution is 2.48. The third-order valence-electron chi connectivity index (χ3n) is 1.51. The number of hydrogen-bond acceptors (Lipinski definition) is 3. The van der Waals surface area contributed by atoms with Crippen molar-refractivity contribution in [3.63, 3.8) is 0 Å². The van der Waals surface area contributed by atoms with E-state index < -0.39 is 18.8 Å². The molecule has 0 aliphatic heterocycles. The predicted molar refractivity (Wildman–Crippen MR) is 41.5 cm³/mol. The first-order valence-corrected chi connectivity index (χ1v) is 4.84. The van der Waals surface area contributed by atoms with Gasteiger partial charge in [-0.15, -0.1) is 0 Å². The fourth-order valence-corrected chi connectivity index (χ4v) is 0.909. The van der Waals surface area contributed by atoms with Gasteiger partial charge in [0, 0.05) is 6.42 Å².